The van der Waals surface area contributed by atoms with Gasteiger partial charge in [-0.1, -0.05) is 0 Å². The fourth-order valence-corrected chi connectivity index (χ4v) is 2.56. The summed E-state index contributed by atoms with van der Waals surface area (Å²) in [5.41, 5.74) is 2.67. The van der Waals surface area contributed by atoms with E-state index in [0.717, 1.165) is 6.20 Å². The molecule has 2 N–H and O–H groups in total. The minimum absolute atomic E-state index is 0.00444. The van der Waals surface area contributed by atoms with Gasteiger partial charge in [-0.3, -0.25) is 4.79 Å². The Kier molecular flexibility index (Phi) is 3.96. The van der Waals surface area contributed by atoms with E-state index in [4.69, 9.17) is 15.2 Å². The summed E-state index contributed by atoms with van der Waals surface area (Å²) in [6.07, 6.45) is 1.07. The molecule has 0 radical (unpaired) electrons. The number of anilines is 1. The topological polar surface area (TPSA) is 83.6 Å². The molecule has 0 saturated carbocycles. The maximum atomic E-state index is 14.3. The number of benzene rings is 1. The summed E-state index contributed by atoms with van der Waals surface area (Å²) in [6, 6.07) is -0.444. The molecule has 1 aliphatic heterocycles. The van der Waals surface area contributed by atoms with E-state index >= 15 is 0 Å². The average molecular weight is 342 g/mol. The van der Waals surface area contributed by atoms with E-state index in [2.05, 4.69) is 0 Å². The van der Waals surface area contributed by atoms with Crippen molar-refractivity contribution >= 4 is 22.6 Å². The van der Waals surface area contributed by atoms with Crippen LogP contribution in [0.5, 0.6) is 0 Å². The Labute approximate surface area is 133 Å². The number of hydrogen-bond donors (Lipinski definition) is 1. The molecule has 3 rings (SSSR count). The van der Waals surface area contributed by atoms with Gasteiger partial charge in [-0.15, -0.1) is 0 Å². The van der Waals surface area contributed by atoms with Crippen molar-refractivity contribution in [3.8, 4) is 0 Å². The fourth-order valence-electron chi connectivity index (χ4n) is 2.56. The number of nitrogens with zero attached hydrogens (tertiary/aromatic N) is 1. The van der Waals surface area contributed by atoms with Gasteiger partial charge >= 0.3 is 5.97 Å². The predicted molar refractivity (Wildman–Crippen MR) is 78.3 cm³/mol. The van der Waals surface area contributed by atoms with Crippen molar-refractivity contribution in [3.63, 3.8) is 0 Å². The van der Waals surface area contributed by atoms with Gasteiger partial charge in [0.25, 0.3) is 0 Å². The minimum atomic E-state index is -1.78. The Hall–Kier alpha value is -2.55. The number of carbonyl (C=O) groups excluding carboxylic acids is 1. The number of halogens is 3. The lowest BCUT2D eigenvalue weighted by Gasteiger charge is -2.30. The summed E-state index contributed by atoms with van der Waals surface area (Å²) < 4.78 is 52.8. The molecule has 0 bridgehead atoms. The monoisotopic (exact) mass is 342 g/mol. The molecule has 1 saturated heterocycles. The van der Waals surface area contributed by atoms with Crippen LogP contribution in [0.15, 0.2) is 11.0 Å². The summed E-state index contributed by atoms with van der Waals surface area (Å²) in [7, 11) is 0. The molecule has 1 fully saturated rings. The number of pyridine rings is 1. The maximum absolute atomic E-state index is 14.3. The molecule has 0 amide bonds. The van der Waals surface area contributed by atoms with Crippen molar-refractivity contribution in [2.75, 3.05) is 25.6 Å². The summed E-state index contributed by atoms with van der Waals surface area (Å²) in [4.78, 5) is 24.5. The minimum Gasteiger partial charge on any atom is -0.462 e. The van der Waals surface area contributed by atoms with E-state index in [-0.39, 0.29) is 19.8 Å². The SMILES string of the molecule is CCOC(=O)c1cn(C2COC2)c2c(F)c(F)c(F)c(N)c2c1=O. The number of rotatable bonds is 3. The summed E-state index contributed by atoms with van der Waals surface area (Å²) in [5, 5.41) is -0.594. The molecule has 0 spiro atoms. The highest BCUT2D eigenvalue weighted by Crippen LogP contribution is 2.31. The van der Waals surface area contributed by atoms with Crippen molar-refractivity contribution in [2.24, 2.45) is 0 Å². The molecule has 0 aliphatic carbocycles. The molecule has 128 valence electrons. The largest absolute Gasteiger partial charge is 0.462 e. The van der Waals surface area contributed by atoms with Crippen LogP contribution < -0.4 is 11.2 Å². The summed E-state index contributed by atoms with van der Waals surface area (Å²) in [6.45, 7) is 1.88. The first-order valence-electron chi connectivity index (χ1n) is 7.14. The van der Waals surface area contributed by atoms with Gasteiger partial charge in [0.2, 0.25) is 5.43 Å². The third-order valence-corrected chi connectivity index (χ3v) is 3.84. The number of esters is 1. The molecule has 2 aromatic rings. The van der Waals surface area contributed by atoms with Crippen LogP contribution in [0, 0.1) is 17.5 Å². The second-order valence-corrected chi connectivity index (χ2v) is 5.27. The zero-order valence-corrected chi connectivity index (χ0v) is 12.6. The second kappa shape index (κ2) is 5.82. The first-order chi connectivity index (χ1) is 11.4. The predicted octanol–water partition coefficient (Wildman–Crippen LogP) is 1.75. The third-order valence-electron chi connectivity index (χ3n) is 3.84. The third kappa shape index (κ3) is 2.23. The lowest BCUT2D eigenvalue weighted by Crippen LogP contribution is -2.34. The van der Waals surface area contributed by atoms with Gasteiger partial charge in [0.15, 0.2) is 17.5 Å². The molecular formula is C15H13F3N2O4. The zero-order valence-electron chi connectivity index (χ0n) is 12.6. The lowest BCUT2D eigenvalue weighted by molar-refractivity contribution is -0.0219. The number of nitrogen functional groups attached to an aromatic ring is 1. The Morgan fingerprint density at radius 1 is 1.33 bits per heavy atom. The average Bonchev–Trinajstić information content (AvgIpc) is 2.50. The van der Waals surface area contributed by atoms with E-state index in [1.807, 2.05) is 0 Å². The summed E-state index contributed by atoms with van der Waals surface area (Å²) in [5.74, 6) is -5.95. The molecule has 9 heteroatoms. The normalized spacial score (nSPS) is 14.7. The van der Waals surface area contributed by atoms with E-state index in [9.17, 15) is 22.8 Å². The molecule has 1 aromatic carbocycles. The Bertz CT molecular complexity index is 906. The Morgan fingerprint density at radius 2 is 2.00 bits per heavy atom. The first kappa shape index (κ1) is 16.3. The highest BCUT2D eigenvalue weighted by atomic mass is 19.2. The first-order valence-corrected chi connectivity index (χ1v) is 7.14. The number of fused-ring (bicyclic) bond motifs is 1. The fraction of sp³-hybridized carbons (Fsp3) is 0.333. The Morgan fingerprint density at radius 3 is 2.54 bits per heavy atom. The van der Waals surface area contributed by atoms with Gasteiger partial charge in [0, 0.05) is 6.20 Å². The number of aromatic nitrogens is 1. The van der Waals surface area contributed by atoms with E-state index in [1.165, 1.54) is 4.57 Å². The molecule has 1 aromatic heterocycles. The molecular weight excluding hydrogens is 329 g/mol. The maximum Gasteiger partial charge on any atom is 0.343 e. The van der Waals surface area contributed by atoms with Crippen LogP contribution in [0.2, 0.25) is 0 Å². The van der Waals surface area contributed by atoms with Gasteiger partial charge in [-0.05, 0) is 6.92 Å². The molecule has 24 heavy (non-hydrogen) atoms. The van der Waals surface area contributed by atoms with Crippen LogP contribution >= 0.6 is 0 Å². The van der Waals surface area contributed by atoms with Crippen LogP contribution in [0.4, 0.5) is 18.9 Å². The summed E-state index contributed by atoms with van der Waals surface area (Å²) >= 11 is 0. The number of hydrogen-bond acceptors (Lipinski definition) is 5. The lowest BCUT2D eigenvalue weighted by atomic mass is 10.1. The van der Waals surface area contributed by atoms with Gasteiger partial charge < -0.3 is 19.8 Å². The second-order valence-electron chi connectivity index (χ2n) is 5.27. The smallest absolute Gasteiger partial charge is 0.343 e. The van der Waals surface area contributed by atoms with Crippen LogP contribution in [0.25, 0.3) is 10.9 Å². The van der Waals surface area contributed by atoms with Crippen LogP contribution in [-0.4, -0.2) is 30.4 Å². The van der Waals surface area contributed by atoms with Crippen molar-refractivity contribution in [3.05, 3.63) is 39.4 Å². The number of nitrogens with two attached hydrogens (primary N) is 1. The molecule has 6 nitrogen and oxygen atoms in total. The van der Waals surface area contributed by atoms with Crippen LogP contribution in [-0.2, 0) is 9.47 Å². The van der Waals surface area contributed by atoms with Crippen molar-refractivity contribution in [1.29, 1.82) is 0 Å². The molecule has 0 unspecified atom stereocenters. The van der Waals surface area contributed by atoms with Gasteiger partial charge in [-0.25, -0.2) is 18.0 Å². The van der Waals surface area contributed by atoms with Gasteiger partial charge in [-0.2, -0.15) is 0 Å². The van der Waals surface area contributed by atoms with Gasteiger partial charge in [0.1, 0.15) is 5.56 Å². The molecule has 0 atom stereocenters. The van der Waals surface area contributed by atoms with E-state index in [1.54, 1.807) is 6.92 Å². The van der Waals surface area contributed by atoms with Crippen LogP contribution in [0.3, 0.4) is 0 Å². The Balaban J connectivity index is 2.44. The van der Waals surface area contributed by atoms with Gasteiger partial charge in [0.05, 0.1) is 42.5 Å². The number of ether oxygens (including phenoxy) is 2. The van der Waals surface area contributed by atoms with Crippen molar-refractivity contribution < 1.29 is 27.4 Å². The van der Waals surface area contributed by atoms with E-state index in [0.29, 0.717) is 0 Å². The van der Waals surface area contributed by atoms with Crippen molar-refractivity contribution in [1.82, 2.24) is 4.57 Å². The van der Waals surface area contributed by atoms with E-state index < -0.39 is 57.0 Å². The van der Waals surface area contributed by atoms with Crippen LogP contribution in [0.1, 0.15) is 23.3 Å². The standard InChI is InChI=1S/C15H13F3N2O4/c1-2-24-15(22)7-3-20(6-4-23-5-6)13-8(14(7)21)12(19)10(17)9(16)11(13)18/h3,6H,2,4-5,19H2,1H3. The molecule has 2 heterocycles. The highest BCUT2D eigenvalue weighted by molar-refractivity contribution is 5.98. The number of carbonyl (C=O) groups is 1. The molecule has 1 aliphatic rings. The zero-order chi connectivity index (χ0) is 17.6. The van der Waals surface area contributed by atoms with Crippen molar-refractivity contribution in [2.45, 2.75) is 13.0 Å². The highest BCUT2D eigenvalue weighted by Gasteiger charge is 2.30. The quantitative estimate of drug-likeness (QED) is 0.522.